The summed E-state index contributed by atoms with van der Waals surface area (Å²) in [6.07, 6.45) is 5.33. The summed E-state index contributed by atoms with van der Waals surface area (Å²) in [4.78, 5) is 25.7. The summed E-state index contributed by atoms with van der Waals surface area (Å²) >= 11 is 3.33. The average Bonchev–Trinajstić information content (AvgIpc) is 2.68. The van der Waals surface area contributed by atoms with Gasteiger partial charge in [0.1, 0.15) is 12.4 Å². The second kappa shape index (κ2) is 10.2. The Bertz CT molecular complexity index is 814. The third-order valence-corrected chi connectivity index (χ3v) is 4.18. The molecular weight excluding hydrogens is 410 g/mol. The van der Waals surface area contributed by atoms with Crippen molar-refractivity contribution in [1.29, 1.82) is 0 Å². The fourth-order valence-corrected chi connectivity index (χ4v) is 2.46. The molecule has 0 unspecified atom stereocenters. The third-order valence-electron chi connectivity index (χ3n) is 3.65. The predicted molar refractivity (Wildman–Crippen MR) is 110 cm³/mol. The van der Waals surface area contributed by atoms with Gasteiger partial charge >= 0.3 is 6.03 Å². The number of carbonyl (C=O) groups is 2. The van der Waals surface area contributed by atoms with Gasteiger partial charge in [-0.3, -0.25) is 4.79 Å². The number of benzene rings is 2. The SMILES string of the molecule is C#CCOc1ccc(N(C)C(=O)CCNC(=O)Nc2ccc(Br)cc2)cc1. The molecule has 2 aromatic carbocycles. The highest BCUT2D eigenvalue weighted by atomic mass is 79.9. The van der Waals surface area contributed by atoms with Crippen molar-refractivity contribution in [1.82, 2.24) is 5.32 Å². The van der Waals surface area contributed by atoms with Gasteiger partial charge < -0.3 is 20.3 Å². The van der Waals surface area contributed by atoms with Crippen LogP contribution in [0.1, 0.15) is 6.42 Å². The minimum Gasteiger partial charge on any atom is -0.481 e. The summed E-state index contributed by atoms with van der Waals surface area (Å²) < 4.78 is 6.23. The van der Waals surface area contributed by atoms with Gasteiger partial charge in [0.05, 0.1) is 0 Å². The van der Waals surface area contributed by atoms with Crippen LogP contribution in [0.3, 0.4) is 0 Å². The first-order valence-electron chi connectivity index (χ1n) is 8.23. The zero-order chi connectivity index (χ0) is 19.6. The Morgan fingerprint density at radius 1 is 1.15 bits per heavy atom. The van der Waals surface area contributed by atoms with Crippen LogP contribution in [0.15, 0.2) is 53.0 Å². The van der Waals surface area contributed by atoms with Crippen molar-refractivity contribution in [2.24, 2.45) is 0 Å². The maximum Gasteiger partial charge on any atom is 0.319 e. The summed E-state index contributed by atoms with van der Waals surface area (Å²) in [5.74, 6) is 2.92. The van der Waals surface area contributed by atoms with Gasteiger partial charge in [-0.2, -0.15) is 0 Å². The molecule has 0 saturated heterocycles. The largest absolute Gasteiger partial charge is 0.481 e. The van der Waals surface area contributed by atoms with Gasteiger partial charge in [0.15, 0.2) is 0 Å². The number of amides is 3. The van der Waals surface area contributed by atoms with Gasteiger partial charge in [-0.1, -0.05) is 21.9 Å². The fraction of sp³-hybridized carbons (Fsp3) is 0.200. The van der Waals surface area contributed by atoms with Crippen molar-refractivity contribution >= 4 is 39.2 Å². The van der Waals surface area contributed by atoms with Crippen LogP contribution in [0.4, 0.5) is 16.2 Å². The van der Waals surface area contributed by atoms with Gasteiger partial charge in [0.25, 0.3) is 0 Å². The fourth-order valence-electron chi connectivity index (χ4n) is 2.19. The molecule has 140 valence electrons. The van der Waals surface area contributed by atoms with E-state index in [-0.39, 0.29) is 31.5 Å². The highest BCUT2D eigenvalue weighted by Gasteiger charge is 2.11. The second-order valence-corrected chi connectivity index (χ2v) is 6.49. The van der Waals surface area contributed by atoms with Crippen LogP contribution in [0, 0.1) is 12.3 Å². The summed E-state index contributed by atoms with van der Waals surface area (Å²) in [6.45, 7) is 0.428. The van der Waals surface area contributed by atoms with E-state index >= 15 is 0 Å². The Morgan fingerprint density at radius 2 is 1.81 bits per heavy atom. The second-order valence-electron chi connectivity index (χ2n) is 5.58. The lowest BCUT2D eigenvalue weighted by Gasteiger charge is -2.18. The van der Waals surface area contributed by atoms with Crippen molar-refractivity contribution in [2.45, 2.75) is 6.42 Å². The van der Waals surface area contributed by atoms with Crippen LogP contribution in [0.2, 0.25) is 0 Å². The van der Waals surface area contributed by atoms with Crippen LogP contribution in [-0.2, 0) is 4.79 Å². The lowest BCUT2D eigenvalue weighted by Crippen LogP contribution is -2.34. The molecule has 0 aromatic heterocycles. The minimum atomic E-state index is -0.359. The summed E-state index contributed by atoms with van der Waals surface area (Å²) in [5.41, 5.74) is 1.40. The van der Waals surface area contributed by atoms with Crippen LogP contribution in [-0.4, -0.2) is 32.1 Å². The summed E-state index contributed by atoms with van der Waals surface area (Å²) in [6, 6.07) is 13.9. The van der Waals surface area contributed by atoms with Crippen molar-refractivity contribution in [3.05, 3.63) is 53.0 Å². The lowest BCUT2D eigenvalue weighted by molar-refractivity contribution is -0.118. The van der Waals surface area contributed by atoms with Gasteiger partial charge in [-0.05, 0) is 48.5 Å². The molecule has 2 rings (SSSR count). The molecule has 0 radical (unpaired) electrons. The molecule has 6 nitrogen and oxygen atoms in total. The maximum absolute atomic E-state index is 12.3. The molecule has 3 amide bonds. The molecular formula is C20H20BrN3O3. The number of hydrogen-bond donors (Lipinski definition) is 2. The molecule has 0 aliphatic carbocycles. The quantitative estimate of drug-likeness (QED) is 0.660. The first kappa shape index (κ1) is 20.3. The molecule has 7 heteroatoms. The summed E-state index contributed by atoms with van der Waals surface area (Å²) in [5, 5.41) is 5.37. The summed E-state index contributed by atoms with van der Waals surface area (Å²) in [7, 11) is 1.68. The van der Waals surface area contributed by atoms with Crippen LogP contribution >= 0.6 is 15.9 Å². The zero-order valence-corrected chi connectivity index (χ0v) is 16.5. The molecule has 0 bridgehead atoms. The smallest absolute Gasteiger partial charge is 0.319 e. The number of ether oxygens (including phenoxy) is 1. The highest BCUT2D eigenvalue weighted by molar-refractivity contribution is 9.10. The molecule has 0 saturated carbocycles. The number of anilines is 2. The minimum absolute atomic E-state index is 0.115. The molecule has 0 aliphatic heterocycles. The van der Waals surface area contributed by atoms with E-state index in [1.807, 2.05) is 12.1 Å². The Hall–Kier alpha value is -2.98. The number of nitrogens with one attached hydrogen (secondary N) is 2. The maximum atomic E-state index is 12.3. The topological polar surface area (TPSA) is 70.7 Å². The normalized spacial score (nSPS) is 9.81. The van der Waals surface area contributed by atoms with Crippen molar-refractivity contribution in [2.75, 3.05) is 30.4 Å². The Labute approximate surface area is 167 Å². The van der Waals surface area contributed by atoms with E-state index in [0.717, 1.165) is 10.2 Å². The molecule has 0 atom stereocenters. The number of terminal acetylenes is 1. The van der Waals surface area contributed by atoms with E-state index in [0.29, 0.717) is 11.4 Å². The number of rotatable bonds is 7. The third kappa shape index (κ3) is 6.68. The average molecular weight is 430 g/mol. The van der Waals surface area contributed by atoms with E-state index in [4.69, 9.17) is 11.2 Å². The van der Waals surface area contributed by atoms with E-state index in [2.05, 4.69) is 32.5 Å². The van der Waals surface area contributed by atoms with E-state index < -0.39 is 0 Å². The molecule has 2 aromatic rings. The van der Waals surface area contributed by atoms with E-state index in [1.54, 1.807) is 43.4 Å². The number of carbonyl (C=O) groups excluding carboxylic acids is 2. The standard InChI is InChI=1S/C20H20BrN3O3/c1-3-14-27-18-10-8-17(9-11-18)24(2)19(25)12-13-22-20(26)23-16-6-4-15(21)5-7-16/h1,4-11H,12-14H2,2H3,(H2,22,23,26). The number of hydrogen-bond acceptors (Lipinski definition) is 3. The highest BCUT2D eigenvalue weighted by Crippen LogP contribution is 2.19. The molecule has 0 aliphatic rings. The molecule has 2 N–H and O–H groups in total. The number of nitrogens with zero attached hydrogens (tertiary/aromatic N) is 1. The number of urea groups is 1. The van der Waals surface area contributed by atoms with Crippen molar-refractivity contribution in [3.8, 4) is 18.1 Å². The molecule has 0 spiro atoms. The predicted octanol–water partition coefficient (Wildman–Crippen LogP) is 3.64. The number of halogens is 1. The molecule has 27 heavy (non-hydrogen) atoms. The zero-order valence-electron chi connectivity index (χ0n) is 14.9. The first-order valence-corrected chi connectivity index (χ1v) is 9.02. The molecule has 0 fully saturated rings. The van der Waals surface area contributed by atoms with Gasteiger partial charge in [-0.15, -0.1) is 6.42 Å². The van der Waals surface area contributed by atoms with Crippen LogP contribution in [0.25, 0.3) is 0 Å². The van der Waals surface area contributed by atoms with Crippen LogP contribution in [0.5, 0.6) is 5.75 Å². The van der Waals surface area contributed by atoms with Gasteiger partial charge in [0, 0.05) is 35.9 Å². The van der Waals surface area contributed by atoms with E-state index in [9.17, 15) is 9.59 Å². The molecule has 0 heterocycles. The Balaban J connectivity index is 1.76. The van der Waals surface area contributed by atoms with Gasteiger partial charge in [0.2, 0.25) is 5.91 Å². The first-order chi connectivity index (χ1) is 13.0. The van der Waals surface area contributed by atoms with Crippen molar-refractivity contribution < 1.29 is 14.3 Å². The Kier molecular flexibility index (Phi) is 7.71. The van der Waals surface area contributed by atoms with Gasteiger partial charge in [-0.25, -0.2) is 4.79 Å². The Morgan fingerprint density at radius 3 is 2.44 bits per heavy atom. The monoisotopic (exact) mass is 429 g/mol. The lowest BCUT2D eigenvalue weighted by atomic mass is 10.2. The van der Waals surface area contributed by atoms with Crippen molar-refractivity contribution in [3.63, 3.8) is 0 Å². The van der Waals surface area contributed by atoms with E-state index in [1.165, 1.54) is 4.90 Å². The van der Waals surface area contributed by atoms with Crippen LogP contribution < -0.4 is 20.3 Å².